The van der Waals surface area contributed by atoms with E-state index in [-0.39, 0.29) is 0 Å². The van der Waals surface area contributed by atoms with Gasteiger partial charge >= 0.3 is 0 Å². The van der Waals surface area contributed by atoms with Crippen LogP contribution < -0.4 is 4.74 Å². The van der Waals surface area contributed by atoms with Gasteiger partial charge in [0, 0.05) is 10.8 Å². The molecule has 0 aliphatic carbocycles. The maximum absolute atomic E-state index is 5.87. The van der Waals surface area contributed by atoms with Gasteiger partial charge in [0.05, 0.1) is 16.7 Å². The lowest BCUT2D eigenvalue weighted by Gasteiger charge is -2.19. The lowest BCUT2D eigenvalue weighted by atomic mass is 10.0. The molecule has 0 bridgehead atoms. The highest BCUT2D eigenvalue weighted by Crippen LogP contribution is 2.38. The molecular formula is C17H11NO. The first-order valence-electron chi connectivity index (χ1n) is 6.50. The molecular weight excluding hydrogens is 234 g/mol. The predicted molar refractivity (Wildman–Crippen MR) is 76.7 cm³/mol. The Morgan fingerprint density at radius 2 is 1.63 bits per heavy atom. The average molecular weight is 245 g/mol. The lowest BCUT2D eigenvalue weighted by molar-refractivity contribution is 0.295. The quantitative estimate of drug-likeness (QED) is 0.424. The standard InChI is InChI=1S/C17H11NO/c1-2-5-13-12(4-1)14-6-3-7-16-17(14)18-11(10-19-16)8-9-15(13)18/h1-9H,10H2. The van der Waals surface area contributed by atoms with Crippen molar-refractivity contribution >= 4 is 27.2 Å². The zero-order valence-electron chi connectivity index (χ0n) is 10.3. The minimum absolute atomic E-state index is 0.651. The molecule has 0 unspecified atom stereocenters. The van der Waals surface area contributed by atoms with Crippen molar-refractivity contribution in [2.75, 3.05) is 0 Å². The topological polar surface area (TPSA) is 13.6 Å². The maximum atomic E-state index is 5.87. The van der Waals surface area contributed by atoms with Crippen LogP contribution in [0.15, 0.2) is 54.6 Å². The van der Waals surface area contributed by atoms with Crippen LogP contribution in [0.4, 0.5) is 0 Å². The van der Waals surface area contributed by atoms with E-state index in [2.05, 4.69) is 59.0 Å². The fourth-order valence-electron chi connectivity index (χ4n) is 3.25. The van der Waals surface area contributed by atoms with Gasteiger partial charge in [0.25, 0.3) is 0 Å². The number of hydrogen-bond donors (Lipinski definition) is 0. The molecule has 0 N–H and O–H groups in total. The number of ether oxygens (including phenoxy) is 1. The molecule has 0 saturated carbocycles. The van der Waals surface area contributed by atoms with Gasteiger partial charge in [0.2, 0.25) is 0 Å². The van der Waals surface area contributed by atoms with Crippen LogP contribution >= 0.6 is 0 Å². The molecule has 0 atom stereocenters. The highest BCUT2D eigenvalue weighted by molar-refractivity contribution is 6.14. The number of hydrogen-bond acceptors (Lipinski definition) is 1. The third-order valence-electron chi connectivity index (χ3n) is 4.05. The van der Waals surface area contributed by atoms with Gasteiger partial charge in [-0.25, -0.2) is 0 Å². The van der Waals surface area contributed by atoms with Crippen LogP contribution in [0.5, 0.6) is 5.75 Å². The first-order chi connectivity index (χ1) is 9.43. The zero-order valence-corrected chi connectivity index (χ0v) is 10.3. The Morgan fingerprint density at radius 1 is 0.789 bits per heavy atom. The van der Waals surface area contributed by atoms with Gasteiger partial charge in [0.1, 0.15) is 12.4 Å². The Hall–Kier alpha value is -2.48. The number of pyridine rings is 1. The third-order valence-corrected chi connectivity index (χ3v) is 4.05. The number of aromatic nitrogens is 1. The summed E-state index contributed by atoms with van der Waals surface area (Å²) in [5.41, 5.74) is 3.70. The maximum Gasteiger partial charge on any atom is 0.144 e. The molecule has 0 amide bonds. The van der Waals surface area contributed by atoms with E-state index in [9.17, 15) is 0 Å². The number of benzene rings is 2. The first-order valence-corrected chi connectivity index (χ1v) is 6.50. The summed E-state index contributed by atoms with van der Waals surface area (Å²) in [7, 11) is 0. The Bertz CT molecular complexity index is 965. The van der Waals surface area contributed by atoms with E-state index in [4.69, 9.17) is 4.74 Å². The van der Waals surface area contributed by atoms with E-state index in [1.165, 1.54) is 32.9 Å². The lowest BCUT2D eigenvalue weighted by Crippen LogP contribution is -2.07. The van der Waals surface area contributed by atoms with Gasteiger partial charge in [-0.1, -0.05) is 36.4 Å². The number of nitrogens with zero attached hydrogens (tertiary/aromatic N) is 1. The van der Waals surface area contributed by atoms with Crippen molar-refractivity contribution in [3.63, 3.8) is 0 Å². The van der Waals surface area contributed by atoms with Gasteiger partial charge < -0.3 is 9.14 Å². The summed E-state index contributed by atoms with van der Waals surface area (Å²) in [5, 5.41) is 3.86. The fourth-order valence-corrected chi connectivity index (χ4v) is 3.25. The van der Waals surface area contributed by atoms with Crippen LogP contribution in [0.1, 0.15) is 5.69 Å². The molecule has 5 rings (SSSR count). The minimum Gasteiger partial charge on any atom is -0.485 e. The zero-order chi connectivity index (χ0) is 12.4. The van der Waals surface area contributed by atoms with E-state index in [0.717, 1.165) is 5.75 Å². The molecule has 2 nitrogen and oxygen atoms in total. The van der Waals surface area contributed by atoms with E-state index in [0.29, 0.717) is 6.61 Å². The van der Waals surface area contributed by atoms with Crippen LogP contribution in [0, 0.1) is 0 Å². The van der Waals surface area contributed by atoms with Crippen molar-refractivity contribution in [1.82, 2.24) is 4.40 Å². The van der Waals surface area contributed by atoms with Crippen LogP contribution in [0.3, 0.4) is 0 Å². The van der Waals surface area contributed by atoms with Crippen molar-refractivity contribution in [1.29, 1.82) is 0 Å². The second-order valence-electron chi connectivity index (χ2n) is 5.03. The monoisotopic (exact) mass is 245 g/mol. The van der Waals surface area contributed by atoms with Crippen LogP contribution in [-0.2, 0) is 6.61 Å². The van der Waals surface area contributed by atoms with E-state index in [1.54, 1.807) is 0 Å². The predicted octanol–water partition coefficient (Wildman–Crippen LogP) is 4.14. The van der Waals surface area contributed by atoms with Gasteiger partial charge in [-0.05, 0) is 23.6 Å². The summed E-state index contributed by atoms with van der Waals surface area (Å²) >= 11 is 0. The molecule has 1 aliphatic rings. The first kappa shape index (κ1) is 9.45. The molecule has 4 aromatic rings. The second kappa shape index (κ2) is 3.09. The molecule has 90 valence electrons. The molecule has 0 spiro atoms. The Kier molecular flexibility index (Phi) is 1.54. The number of fused-ring (bicyclic) bond motifs is 3. The van der Waals surface area contributed by atoms with E-state index in [1.807, 2.05) is 0 Å². The smallest absolute Gasteiger partial charge is 0.144 e. The van der Waals surface area contributed by atoms with Crippen molar-refractivity contribution in [2.45, 2.75) is 6.61 Å². The second-order valence-corrected chi connectivity index (χ2v) is 5.03. The fraction of sp³-hybridized carbons (Fsp3) is 0.0588. The van der Waals surface area contributed by atoms with Crippen molar-refractivity contribution < 1.29 is 4.74 Å². The van der Waals surface area contributed by atoms with Crippen LogP contribution in [-0.4, -0.2) is 4.40 Å². The highest BCUT2D eigenvalue weighted by atomic mass is 16.5. The van der Waals surface area contributed by atoms with Crippen molar-refractivity contribution in [2.24, 2.45) is 0 Å². The van der Waals surface area contributed by atoms with E-state index < -0.39 is 0 Å². The normalized spacial score (nSPS) is 13.5. The molecule has 0 radical (unpaired) electrons. The number of para-hydroxylation sites is 1. The molecule has 19 heavy (non-hydrogen) atoms. The Morgan fingerprint density at radius 3 is 2.58 bits per heavy atom. The molecule has 2 aromatic heterocycles. The summed E-state index contributed by atoms with van der Waals surface area (Å²) < 4.78 is 8.22. The molecule has 0 fully saturated rings. The molecule has 2 aromatic carbocycles. The Balaban J connectivity index is 2.27. The summed E-state index contributed by atoms with van der Waals surface area (Å²) in [4.78, 5) is 0. The molecule has 1 aliphatic heterocycles. The summed E-state index contributed by atoms with van der Waals surface area (Å²) in [6, 6.07) is 19.3. The van der Waals surface area contributed by atoms with Gasteiger partial charge in [-0.15, -0.1) is 0 Å². The average Bonchev–Trinajstić information content (AvgIpc) is 2.91. The van der Waals surface area contributed by atoms with E-state index >= 15 is 0 Å². The summed E-state index contributed by atoms with van der Waals surface area (Å²) in [6.07, 6.45) is 0. The van der Waals surface area contributed by atoms with Crippen LogP contribution in [0.2, 0.25) is 0 Å². The number of rotatable bonds is 0. The van der Waals surface area contributed by atoms with Crippen molar-refractivity contribution in [3.05, 3.63) is 60.3 Å². The van der Waals surface area contributed by atoms with Crippen LogP contribution in [0.25, 0.3) is 27.2 Å². The minimum atomic E-state index is 0.651. The SMILES string of the molecule is c1ccc2c(c1)c1cccc3c1n1c(ccc21)CO3. The van der Waals surface area contributed by atoms with Gasteiger partial charge in [-0.2, -0.15) is 0 Å². The Labute approximate surface area is 109 Å². The van der Waals surface area contributed by atoms with Crippen molar-refractivity contribution in [3.8, 4) is 5.75 Å². The van der Waals surface area contributed by atoms with Gasteiger partial charge in [0.15, 0.2) is 0 Å². The summed E-state index contributed by atoms with van der Waals surface area (Å²) in [5.74, 6) is 0.983. The highest BCUT2D eigenvalue weighted by Gasteiger charge is 2.18. The molecule has 2 heteroatoms. The summed E-state index contributed by atoms with van der Waals surface area (Å²) in [6.45, 7) is 0.651. The molecule has 0 saturated heterocycles. The third kappa shape index (κ3) is 1.03. The van der Waals surface area contributed by atoms with Gasteiger partial charge in [-0.3, -0.25) is 0 Å². The molecule has 3 heterocycles. The largest absolute Gasteiger partial charge is 0.485 e.